The van der Waals surface area contributed by atoms with Crippen molar-refractivity contribution in [1.82, 2.24) is 4.90 Å². The predicted molar refractivity (Wildman–Crippen MR) is 91.4 cm³/mol. The highest BCUT2D eigenvalue weighted by Gasteiger charge is 2.27. The lowest BCUT2D eigenvalue weighted by molar-refractivity contribution is 0.0817. The van der Waals surface area contributed by atoms with Gasteiger partial charge in [0.2, 0.25) is 0 Å². The average Bonchev–Trinajstić information content (AvgIpc) is 3.38. The zero-order valence-electron chi connectivity index (χ0n) is 14.1. The van der Waals surface area contributed by atoms with E-state index in [2.05, 4.69) is 43.0 Å². The second kappa shape index (κ2) is 6.95. The number of likely N-dealkylation sites (tertiary alicyclic amines) is 1. The van der Waals surface area contributed by atoms with Crippen LogP contribution in [0.3, 0.4) is 0 Å². The molecule has 1 unspecified atom stereocenters. The van der Waals surface area contributed by atoms with Gasteiger partial charge in [-0.15, -0.1) is 0 Å². The summed E-state index contributed by atoms with van der Waals surface area (Å²) in [5.74, 6) is 1.63. The number of piperidine rings is 1. The maximum Gasteiger partial charge on any atom is 0.167 e. The standard InChI is InChI=1S/C20H29NO/c1-15(2)19(14-21-12-4-3-5-13-21)20(22)18-10-8-17(9-11-18)16-6-7-16/h8-11,15-16,19H,3-7,12-14H2,1-2H3. The van der Waals surface area contributed by atoms with Gasteiger partial charge >= 0.3 is 0 Å². The number of hydrogen-bond donors (Lipinski definition) is 0. The zero-order chi connectivity index (χ0) is 15.5. The van der Waals surface area contributed by atoms with Crippen molar-refractivity contribution in [2.24, 2.45) is 11.8 Å². The Labute approximate surface area is 134 Å². The molecule has 1 aromatic rings. The fourth-order valence-corrected chi connectivity index (χ4v) is 3.57. The first-order chi connectivity index (χ1) is 10.6. The van der Waals surface area contributed by atoms with Crippen molar-refractivity contribution in [2.45, 2.75) is 51.9 Å². The Morgan fingerprint density at radius 1 is 1.09 bits per heavy atom. The summed E-state index contributed by atoms with van der Waals surface area (Å²) >= 11 is 0. The summed E-state index contributed by atoms with van der Waals surface area (Å²) in [6, 6.07) is 8.45. The molecule has 0 spiro atoms. The molecule has 1 aliphatic carbocycles. The van der Waals surface area contributed by atoms with E-state index in [0.29, 0.717) is 11.7 Å². The summed E-state index contributed by atoms with van der Waals surface area (Å²) in [6.45, 7) is 7.63. The van der Waals surface area contributed by atoms with Crippen molar-refractivity contribution in [3.8, 4) is 0 Å². The van der Waals surface area contributed by atoms with Crippen molar-refractivity contribution in [3.63, 3.8) is 0 Å². The number of hydrogen-bond acceptors (Lipinski definition) is 2. The third-order valence-electron chi connectivity index (χ3n) is 5.29. The molecule has 2 heteroatoms. The van der Waals surface area contributed by atoms with Gasteiger partial charge in [0.1, 0.15) is 0 Å². The molecule has 0 N–H and O–H groups in total. The van der Waals surface area contributed by atoms with E-state index in [-0.39, 0.29) is 5.92 Å². The van der Waals surface area contributed by atoms with E-state index in [1.807, 2.05) is 0 Å². The molecule has 1 aromatic carbocycles. The van der Waals surface area contributed by atoms with E-state index in [1.165, 1.54) is 37.7 Å². The van der Waals surface area contributed by atoms with Gasteiger partial charge in [-0.1, -0.05) is 44.5 Å². The molecule has 2 nitrogen and oxygen atoms in total. The molecule has 2 fully saturated rings. The lowest BCUT2D eigenvalue weighted by Gasteiger charge is -2.31. The lowest BCUT2D eigenvalue weighted by atomic mass is 9.86. The van der Waals surface area contributed by atoms with Gasteiger partial charge in [0, 0.05) is 18.0 Å². The summed E-state index contributed by atoms with van der Waals surface area (Å²) in [7, 11) is 0. The molecule has 1 saturated carbocycles. The summed E-state index contributed by atoms with van der Waals surface area (Å²) in [6.07, 6.45) is 6.55. The molecule has 0 radical (unpaired) electrons. The number of benzene rings is 1. The van der Waals surface area contributed by atoms with Crippen molar-refractivity contribution in [2.75, 3.05) is 19.6 Å². The number of carbonyl (C=O) groups excluding carboxylic acids is 1. The predicted octanol–water partition coefficient (Wildman–Crippen LogP) is 4.50. The van der Waals surface area contributed by atoms with Gasteiger partial charge in [-0.2, -0.15) is 0 Å². The van der Waals surface area contributed by atoms with Crippen LogP contribution in [0.1, 0.15) is 67.8 Å². The highest BCUT2D eigenvalue weighted by Crippen LogP contribution is 2.40. The van der Waals surface area contributed by atoms with Gasteiger partial charge < -0.3 is 4.90 Å². The van der Waals surface area contributed by atoms with E-state index in [9.17, 15) is 4.79 Å². The molecule has 1 saturated heterocycles. The summed E-state index contributed by atoms with van der Waals surface area (Å²) < 4.78 is 0. The van der Waals surface area contributed by atoms with Gasteiger partial charge in [0.05, 0.1) is 0 Å². The molecule has 1 aliphatic heterocycles. The molecule has 3 rings (SSSR count). The van der Waals surface area contributed by atoms with Crippen LogP contribution in [0.25, 0.3) is 0 Å². The van der Waals surface area contributed by atoms with Crippen molar-refractivity contribution in [1.29, 1.82) is 0 Å². The molecule has 0 aromatic heterocycles. The average molecular weight is 299 g/mol. The van der Waals surface area contributed by atoms with Gasteiger partial charge in [0.15, 0.2) is 5.78 Å². The molecular formula is C20H29NO. The van der Waals surface area contributed by atoms with Gasteiger partial charge in [-0.05, 0) is 56.2 Å². The highest BCUT2D eigenvalue weighted by molar-refractivity contribution is 5.98. The Hall–Kier alpha value is -1.15. The van der Waals surface area contributed by atoms with Crippen LogP contribution < -0.4 is 0 Å². The molecule has 0 amide bonds. The highest BCUT2D eigenvalue weighted by atomic mass is 16.1. The van der Waals surface area contributed by atoms with Gasteiger partial charge in [-0.25, -0.2) is 0 Å². The number of rotatable bonds is 6. The number of carbonyl (C=O) groups is 1. The molecule has 1 heterocycles. The third kappa shape index (κ3) is 3.78. The number of ketones is 1. The third-order valence-corrected chi connectivity index (χ3v) is 5.29. The molecule has 120 valence electrons. The Kier molecular flexibility index (Phi) is 4.97. The smallest absolute Gasteiger partial charge is 0.167 e. The molecule has 22 heavy (non-hydrogen) atoms. The minimum atomic E-state index is 0.130. The molecule has 2 aliphatic rings. The summed E-state index contributed by atoms with van der Waals surface area (Å²) in [5, 5.41) is 0. The van der Waals surface area contributed by atoms with Crippen molar-refractivity contribution < 1.29 is 4.79 Å². The van der Waals surface area contributed by atoms with Crippen LogP contribution in [0, 0.1) is 11.8 Å². The number of Topliss-reactive ketones (excluding diaryl/α,β-unsaturated/α-hetero) is 1. The summed E-state index contributed by atoms with van der Waals surface area (Å²) in [5.41, 5.74) is 2.31. The molecular weight excluding hydrogens is 270 g/mol. The van der Waals surface area contributed by atoms with Crippen molar-refractivity contribution in [3.05, 3.63) is 35.4 Å². The van der Waals surface area contributed by atoms with Gasteiger partial charge in [-0.3, -0.25) is 4.79 Å². The van der Waals surface area contributed by atoms with Crippen molar-refractivity contribution >= 4 is 5.78 Å². The second-order valence-corrected chi connectivity index (χ2v) is 7.47. The first kappa shape index (κ1) is 15.7. The monoisotopic (exact) mass is 299 g/mol. The van der Waals surface area contributed by atoms with E-state index in [0.717, 1.165) is 31.1 Å². The minimum absolute atomic E-state index is 0.130. The van der Waals surface area contributed by atoms with E-state index < -0.39 is 0 Å². The normalized spacial score (nSPS) is 21.0. The Morgan fingerprint density at radius 2 is 1.73 bits per heavy atom. The quantitative estimate of drug-likeness (QED) is 0.721. The zero-order valence-corrected chi connectivity index (χ0v) is 14.1. The largest absolute Gasteiger partial charge is 0.303 e. The number of nitrogens with zero attached hydrogens (tertiary/aromatic N) is 1. The topological polar surface area (TPSA) is 20.3 Å². The van der Waals surface area contributed by atoms with Crippen LogP contribution in [0.4, 0.5) is 0 Å². The fraction of sp³-hybridized carbons (Fsp3) is 0.650. The fourth-order valence-electron chi connectivity index (χ4n) is 3.57. The SMILES string of the molecule is CC(C)C(CN1CCCCC1)C(=O)c1ccc(C2CC2)cc1. The van der Waals surface area contributed by atoms with Crippen LogP contribution in [-0.2, 0) is 0 Å². The van der Waals surface area contributed by atoms with Crippen LogP contribution in [0.5, 0.6) is 0 Å². The maximum absolute atomic E-state index is 12.9. The van der Waals surface area contributed by atoms with Gasteiger partial charge in [0.25, 0.3) is 0 Å². The Morgan fingerprint density at radius 3 is 2.27 bits per heavy atom. The van der Waals surface area contributed by atoms with Crippen LogP contribution in [0.15, 0.2) is 24.3 Å². The molecule has 0 bridgehead atoms. The van der Waals surface area contributed by atoms with Crippen LogP contribution in [0.2, 0.25) is 0 Å². The maximum atomic E-state index is 12.9. The minimum Gasteiger partial charge on any atom is -0.303 e. The Balaban J connectivity index is 1.67. The summed E-state index contributed by atoms with van der Waals surface area (Å²) in [4.78, 5) is 15.4. The van der Waals surface area contributed by atoms with Crippen LogP contribution in [-0.4, -0.2) is 30.3 Å². The van der Waals surface area contributed by atoms with E-state index >= 15 is 0 Å². The second-order valence-electron chi connectivity index (χ2n) is 7.47. The van der Waals surface area contributed by atoms with E-state index in [4.69, 9.17) is 0 Å². The first-order valence-electron chi connectivity index (χ1n) is 9.01. The lowest BCUT2D eigenvalue weighted by Crippen LogP contribution is -2.38. The molecule has 1 atom stereocenters. The van der Waals surface area contributed by atoms with Crippen LogP contribution >= 0.6 is 0 Å². The Bertz CT molecular complexity index is 495. The van der Waals surface area contributed by atoms with E-state index in [1.54, 1.807) is 0 Å². The first-order valence-corrected chi connectivity index (χ1v) is 9.01.